The van der Waals surface area contributed by atoms with Crippen LogP contribution in [0.15, 0.2) is 0 Å². The summed E-state index contributed by atoms with van der Waals surface area (Å²) in [5.74, 6) is -0.297. The Morgan fingerprint density at radius 2 is 2.05 bits per heavy atom. The molecule has 0 aromatic carbocycles. The molecule has 1 aliphatic rings. The zero-order valence-electron chi connectivity index (χ0n) is 13.1. The fourth-order valence-electron chi connectivity index (χ4n) is 2.70. The molecule has 0 saturated carbocycles. The third-order valence-electron chi connectivity index (χ3n) is 4.31. The molecule has 1 rings (SSSR count). The number of nitrogens with one attached hydrogen (secondary N) is 1. The van der Waals surface area contributed by atoms with Crippen LogP contribution in [0.2, 0.25) is 0 Å². The number of methoxy groups -OCH3 is 1. The fourth-order valence-corrected chi connectivity index (χ4v) is 2.70. The van der Waals surface area contributed by atoms with E-state index in [1.807, 2.05) is 18.7 Å². The van der Waals surface area contributed by atoms with Crippen molar-refractivity contribution in [3.05, 3.63) is 0 Å². The van der Waals surface area contributed by atoms with Gasteiger partial charge in [-0.05, 0) is 31.6 Å². The molecule has 0 bridgehead atoms. The molecule has 0 unspecified atom stereocenters. The zero-order chi connectivity index (χ0) is 15.1. The second kappa shape index (κ2) is 8.12. The van der Waals surface area contributed by atoms with Crippen molar-refractivity contribution >= 4 is 12.0 Å². The van der Waals surface area contributed by atoms with E-state index in [0.717, 1.165) is 32.2 Å². The largest absolute Gasteiger partial charge is 0.467 e. The number of hydrogen-bond acceptors (Lipinski definition) is 3. The van der Waals surface area contributed by atoms with E-state index in [2.05, 4.69) is 12.2 Å². The van der Waals surface area contributed by atoms with Crippen LogP contribution in [-0.4, -0.2) is 42.6 Å². The van der Waals surface area contributed by atoms with Gasteiger partial charge in [0.1, 0.15) is 6.04 Å². The molecule has 1 heterocycles. The van der Waals surface area contributed by atoms with Crippen molar-refractivity contribution < 1.29 is 14.3 Å². The predicted molar refractivity (Wildman–Crippen MR) is 78.4 cm³/mol. The average molecular weight is 284 g/mol. The number of rotatable bonds is 5. The van der Waals surface area contributed by atoms with Crippen molar-refractivity contribution in [2.75, 3.05) is 13.7 Å². The molecule has 0 aromatic heterocycles. The van der Waals surface area contributed by atoms with E-state index in [4.69, 9.17) is 4.74 Å². The van der Waals surface area contributed by atoms with E-state index in [-0.39, 0.29) is 17.9 Å². The topological polar surface area (TPSA) is 58.6 Å². The minimum absolute atomic E-state index is 0.0660. The number of amides is 2. The first-order valence-corrected chi connectivity index (χ1v) is 7.70. The highest BCUT2D eigenvalue weighted by Gasteiger charge is 2.31. The Labute approximate surface area is 122 Å². The van der Waals surface area contributed by atoms with Crippen molar-refractivity contribution in [2.45, 2.75) is 65.0 Å². The number of carbonyl (C=O) groups is 2. The van der Waals surface area contributed by atoms with Crippen LogP contribution in [-0.2, 0) is 9.53 Å². The summed E-state index contributed by atoms with van der Waals surface area (Å²) in [7, 11) is 1.36. The molecule has 0 aliphatic carbocycles. The monoisotopic (exact) mass is 284 g/mol. The molecule has 3 atom stereocenters. The van der Waals surface area contributed by atoms with Gasteiger partial charge in [-0.15, -0.1) is 0 Å². The second-order valence-corrected chi connectivity index (χ2v) is 5.59. The summed E-state index contributed by atoms with van der Waals surface area (Å²) in [5, 5.41) is 2.86. The van der Waals surface area contributed by atoms with E-state index < -0.39 is 6.04 Å². The Balaban J connectivity index is 2.71. The van der Waals surface area contributed by atoms with Gasteiger partial charge in [-0.2, -0.15) is 0 Å². The molecule has 116 valence electrons. The number of nitrogens with zero attached hydrogens (tertiary/aromatic N) is 1. The summed E-state index contributed by atoms with van der Waals surface area (Å²) in [4.78, 5) is 26.1. The number of urea groups is 1. The molecular formula is C15H28N2O3. The standard InChI is InChI=1S/C15H28N2O3/c1-5-11(3)13(14(18)20-4)16-15(19)17-10-8-7-9-12(17)6-2/h11-13H,5-10H2,1-4H3,(H,16,19)/t11-,12-,13-/m0/s1. The summed E-state index contributed by atoms with van der Waals surface area (Å²) in [6.07, 6.45) is 5.04. The summed E-state index contributed by atoms with van der Waals surface area (Å²) >= 11 is 0. The van der Waals surface area contributed by atoms with Gasteiger partial charge in [-0.25, -0.2) is 9.59 Å². The molecule has 1 fully saturated rings. The van der Waals surface area contributed by atoms with Crippen molar-refractivity contribution in [2.24, 2.45) is 5.92 Å². The minimum atomic E-state index is -0.558. The first kappa shape index (κ1) is 16.8. The summed E-state index contributed by atoms with van der Waals surface area (Å²) in [6, 6.07) is -0.400. The highest BCUT2D eigenvalue weighted by molar-refractivity contribution is 5.84. The molecule has 20 heavy (non-hydrogen) atoms. The van der Waals surface area contributed by atoms with Crippen LogP contribution in [0.1, 0.15) is 52.9 Å². The first-order chi connectivity index (χ1) is 9.54. The number of likely N-dealkylation sites (tertiary alicyclic amines) is 1. The Hall–Kier alpha value is -1.26. The zero-order valence-corrected chi connectivity index (χ0v) is 13.1. The Morgan fingerprint density at radius 3 is 2.60 bits per heavy atom. The van der Waals surface area contributed by atoms with Gasteiger partial charge in [0.15, 0.2) is 0 Å². The maximum atomic E-state index is 12.4. The van der Waals surface area contributed by atoms with E-state index in [0.29, 0.717) is 6.04 Å². The molecule has 1 aliphatic heterocycles. The fraction of sp³-hybridized carbons (Fsp3) is 0.867. The van der Waals surface area contributed by atoms with Gasteiger partial charge in [0, 0.05) is 12.6 Å². The number of carbonyl (C=O) groups excluding carboxylic acids is 2. The smallest absolute Gasteiger partial charge is 0.328 e. The van der Waals surface area contributed by atoms with E-state index >= 15 is 0 Å². The number of ether oxygens (including phenoxy) is 1. The molecule has 1 N–H and O–H groups in total. The van der Waals surface area contributed by atoms with Crippen molar-refractivity contribution in [1.82, 2.24) is 10.2 Å². The molecule has 5 heteroatoms. The number of esters is 1. The van der Waals surface area contributed by atoms with Crippen LogP contribution >= 0.6 is 0 Å². The van der Waals surface area contributed by atoms with E-state index in [9.17, 15) is 9.59 Å². The molecule has 0 aromatic rings. The molecule has 0 radical (unpaired) electrons. The molecule has 5 nitrogen and oxygen atoms in total. The lowest BCUT2D eigenvalue weighted by atomic mass is 9.98. The highest BCUT2D eigenvalue weighted by Crippen LogP contribution is 2.20. The van der Waals surface area contributed by atoms with E-state index in [1.54, 1.807) is 0 Å². The summed E-state index contributed by atoms with van der Waals surface area (Å²) < 4.78 is 4.80. The minimum Gasteiger partial charge on any atom is -0.467 e. The van der Waals surface area contributed by atoms with Crippen LogP contribution in [0.5, 0.6) is 0 Å². The van der Waals surface area contributed by atoms with Crippen LogP contribution in [0.4, 0.5) is 4.79 Å². The van der Waals surface area contributed by atoms with Gasteiger partial charge in [-0.3, -0.25) is 0 Å². The Bertz CT molecular complexity index is 333. The molecule has 2 amide bonds. The summed E-state index contributed by atoms with van der Waals surface area (Å²) in [6.45, 7) is 6.83. The third-order valence-corrected chi connectivity index (χ3v) is 4.31. The van der Waals surface area contributed by atoms with Crippen LogP contribution in [0, 0.1) is 5.92 Å². The molecular weight excluding hydrogens is 256 g/mol. The second-order valence-electron chi connectivity index (χ2n) is 5.59. The first-order valence-electron chi connectivity index (χ1n) is 7.70. The lowest BCUT2D eigenvalue weighted by Crippen LogP contribution is -2.54. The van der Waals surface area contributed by atoms with Crippen LogP contribution in [0.25, 0.3) is 0 Å². The van der Waals surface area contributed by atoms with E-state index in [1.165, 1.54) is 13.5 Å². The molecule has 1 saturated heterocycles. The van der Waals surface area contributed by atoms with Gasteiger partial charge in [0.25, 0.3) is 0 Å². The number of piperidine rings is 1. The van der Waals surface area contributed by atoms with Crippen molar-refractivity contribution in [1.29, 1.82) is 0 Å². The number of hydrogen-bond donors (Lipinski definition) is 1. The third kappa shape index (κ3) is 4.12. The SMILES string of the molecule is CC[C@H]1CCCCN1C(=O)N[C@H](C(=O)OC)[C@@H](C)CC. The highest BCUT2D eigenvalue weighted by atomic mass is 16.5. The van der Waals surface area contributed by atoms with Crippen LogP contribution < -0.4 is 5.32 Å². The van der Waals surface area contributed by atoms with Gasteiger partial charge in [-0.1, -0.05) is 27.2 Å². The van der Waals surface area contributed by atoms with Gasteiger partial charge >= 0.3 is 12.0 Å². The Morgan fingerprint density at radius 1 is 1.35 bits per heavy atom. The lowest BCUT2D eigenvalue weighted by Gasteiger charge is -2.36. The van der Waals surface area contributed by atoms with Gasteiger partial charge in [0.05, 0.1) is 7.11 Å². The maximum Gasteiger partial charge on any atom is 0.328 e. The van der Waals surface area contributed by atoms with Gasteiger partial charge < -0.3 is 15.0 Å². The van der Waals surface area contributed by atoms with Crippen molar-refractivity contribution in [3.8, 4) is 0 Å². The quantitative estimate of drug-likeness (QED) is 0.789. The molecule has 0 spiro atoms. The predicted octanol–water partition coefficient (Wildman–Crippen LogP) is 2.55. The van der Waals surface area contributed by atoms with Crippen molar-refractivity contribution in [3.63, 3.8) is 0 Å². The average Bonchev–Trinajstić information content (AvgIpc) is 2.50. The lowest BCUT2D eigenvalue weighted by molar-refractivity contribution is -0.144. The normalized spacial score (nSPS) is 22.0. The summed E-state index contributed by atoms with van der Waals surface area (Å²) in [5.41, 5.74) is 0. The maximum absolute atomic E-state index is 12.4. The van der Waals surface area contributed by atoms with Gasteiger partial charge in [0.2, 0.25) is 0 Å². The van der Waals surface area contributed by atoms with Crippen LogP contribution in [0.3, 0.4) is 0 Å². The Kier molecular flexibility index (Phi) is 6.82.